The van der Waals surface area contributed by atoms with E-state index in [9.17, 15) is 4.79 Å². The van der Waals surface area contributed by atoms with Gasteiger partial charge in [0.05, 0.1) is 18.9 Å². The monoisotopic (exact) mass is 380 g/mol. The van der Waals surface area contributed by atoms with E-state index in [4.69, 9.17) is 9.47 Å². The van der Waals surface area contributed by atoms with Gasteiger partial charge in [0.2, 0.25) is 0 Å². The number of carbonyl (C=O) groups is 1. The standard InChI is InChI=1S/C20H32N2O3S/c1-12(2)9-20(18(23)25-19(5,6)7)10-15(14(4)24-8)16(22-20)17-21-11-13(3)26-17/h11-12,15-16,22H,4,9-10H2,1-3,5-8H3/t15-,16-,20+/m1/s1. The number of aromatic nitrogens is 1. The molecule has 0 aromatic carbocycles. The molecule has 0 amide bonds. The molecular formula is C20H32N2O3S. The van der Waals surface area contributed by atoms with Gasteiger partial charge in [0.15, 0.2) is 0 Å². The van der Waals surface area contributed by atoms with E-state index in [1.807, 2.05) is 33.9 Å². The van der Waals surface area contributed by atoms with E-state index < -0.39 is 11.1 Å². The highest BCUT2D eigenvalue weighted by atomic mass is 32.1. The van der Waals surface area contributed by atoms with Crippen LogP contribution >= 0.6 is 11.3 Å². The summed E-state index contributed by atoms with van der Waals surface area (Å²) in [6.45, 7) is 16.0. The summed E-state index contributed by atoms with van der Waals surface area (Å²) in [5, 5.41) is 4.54. The van der Waals surface area contributed by atoms with Crippen LogP contribution in [0.4, 0.5) is 0 Å². The number of esters is 1. The highest BCUT2D eigenvalue weighted by Crippen LogP contribution is 2.46. The van der Waals surface area contributed by atoms with Crippen LogP contribution in [0.3, 0.4) is 0 Å². The number of rotatable bonds is 6. The molecule has 1 aliphatic rings. The van der Waals surface area contributed by atoms with Gasteiger partial charge in [-0.3, -0.25) is 10.1 Å². The molecule has 0 spiro atoms. The maximum atomic E-state index is 13.2. The molecule has 6 heteroatoms. The highest BCUT2D eigenvalue weighted by Gasteiger charge is 2.54. The van der Waals surface area contributed by atoms with Crippen LogP contribution < -0.4 is 5.32 Å². The highest BCUT2D eigenvalue weighted by molar-refractivity contribution is 7.11. The zero-order chi connectivity index (χ0) is 19.7. The maximum Gasteiger partial charge on any atom is 0.326 e. The molecule has 0 bridgehead atoms. The number of thiazole rings is 1. The van der Waals surface area contributed by atoms with Crippen molar-refractivity contribution >= 4 is 17.3 Å². The Labute approximate surface area is 161 Å². The van der Waals surface area contributed by atoms with Gasteiger partial charge >= 0.3 is 5.97 Å². The van der Waals surface area contributed by atoms with Gasteiger partial charge in [-0.2, -0.15) is 0 Å². The van der Waals surface area contributed by atoms with Crippen molar-refractivity contribution in [2.24, 2.45) is 11.8 Å². The molecule has 5 nitrogen and oxygen atoms in total. The molecule has 2 rings (SSSR count). The minimum absolute atomic E-state index is 0.0307. The summed E-state index contributed by atoms with van der Waals surface area (Å²) in [5.41, 5.74) is -1.30. The van der Waals surface area contributed by atoms with Crippen LogP contribution in [0.25, 0.3) is 0 Å². The van der Waals surface area contributed by atoms with Gasteiger partial charge in [-0.25, -0.2) is 4.98 Å². The first kappa shape index (κ1) is 20.9. The third-order valence-corrected chi connectivity index (χ3v) is 5.53. The lowest BCUT2D eigenvalue weighted by molar-refractivity contribution is -0.163. The zero-order valence-corrected chi connectivity index (χ0v) is 17.8. The fourth-order valence-corrected chi connectivity index (χ4v) is 4.48. The lowest BCUT2D eigenvalue weighted by Crippen LogP contribution is -2.52. The number of aryl methyl sites for hydroxylation is 1. The van der Waals surface area contributed by atoms with E-state index in [1.54, 1.807) is 18.4 Å². The van der Waals surface area contributed by atoms with Crippen LogP contribution in [-0.2, 0) is 14.3 Å². The molecule has 146 valence electrons. The molecule has 1 aromatic rings. The molecule has 3 atom stereocenters. The molecule has 1 aliphatic heterocycles. The third kappa shape index (κ3) is 4.65. The van der Waals surface area contributed by atoms with Crippen LogP contribution in [0, 0.1) is 18.8 Å². The number of ether oxygens (including phenoxy) is 2. The topological polar surface area (TPSA) is 60.5 Å². The minimum atomic E-state index is -0.766. The fraction of sp³-hybridized carbons (Fsp3) is 0.700. The second-order valence-electron chi connectivity index (χ2n) is 8.59. The third-order valence-electron chi connectivity index (χ3n) is 4.53. The summed E-state index contributed by atoms with van der Waals surface area (Å²) in [6.07, 6.45) is 3.15. The molecule has 0 saturated carbocycles. The summed E-state index contributed by atoms with van der Waals surface area (Å²) in [5.74, 6) is 0.771. The summed E-state index contributed by atoms with van der Waals surface area (Å²) in [7, 11) is 1.63. The zero-order valence-electron chi connectivity index (χ0n) is 17.0. The van der Waals surface area contributed by atoms with Crippen LogP contribution in [0.15, 0.2) is 18.5 Å². The van der Waals surface area contributed by atoms with Crippen LogP contribution in [0.5, 0.6) is 0 Å². The Bertz CT molecular complexity index is 662. The Morgan fingerprint density at radius 1 is 1.50 bits per heavy atom. The number of hydrogen-bond acceptors (Lipinski definition) is 6. The van der Waals surface area contributed by atoms with Gasteiger partial charge in [-0.1, -0.05) is 20.4 Å². The number of hydrogen-bond donors (Lipinski definition) is 1. The van der Waals surface area contributed by atoms with Crippen molar-refractivity contribution in [1.29, 1.82) is 0 Å². The van der Waals surface area contributed by atoms with Gasteiger partial charge in [-0.15, -0.1) is 11.3 Å². The lowest BCUT2D eigenvalue weighted by atomic mass is 9.83. The SMILES string of the molecule is C=C(OC)[C@H]1C[C@@](CC(C)C)(C(=O)OC(C)(C)C)N[C@H]1c1ncc(C)s1. The van der Waals surface area contributed by atoms with Crippen molar-refractivity contribution in [3.05, 3.63) is 28.4 Å². The molecule has 0 aliphatic carbocycles. The van der Waals surface area contributed by atoms with Gasteiger partial charge < -0.3 is 9.47 Å². The molecule has 1 aromatic heterocycles. The first-order valence-electron chi connectivity index (χ1n) is 9.13. The smallest absolute Gasteiger partial charge is 0.326 e. The van der Waals surface area contributed by atoms with E-state index in [-0.39, 0.29) is 17.9 Å². The number of carbonyl (C=O) groups excluding carboxylic acids is 1. The quantitative estimate of drug-likeness (QED) is 0.586. The Balaban J connectivity index is 2.42. The van der Waals surface area contributed by atoms with E-state index in [1.165, 1.54) is 0 Å². The van der Waals surface area contributed by atoms with E-state index in [0.717, 1.165) is 9.88 Å². The summed E-state index contributed by atoms with van der Waals surface area (Å²) in [6, 6.07) is -0.104. The number of nitrogens with zero attached hydrogens (tertiary/aromatic N) is 1. The Hall–Kier alpha value is -1.40. The second kappa shape index (κ2) is 7.69. The normalized spacial score (nSPS) is 26.2. The van der Waals surface area contributed by atoms with Crippen LogP contribution in [0.2, 0.25) is 0 Å². The van der Waals surface area contributed by atoms with Crippen molar-refractivity contribution in [2.75, 3.05) is 7.11 Å². The molecule has 1 fully saturated rings. The first-order chi connectivity index (χ1) is 12.0. The van der Waals surface area contributed by atoms with Crippen molar-refractivity contribution in [3.63, 3.8) is 0 Å². The Kier molecular flexibility index (Phi) is 6.18. The molecule has 0 unspecified atom stereocenters. The molecule has 1 saturated heterocycles. The van der Waals surface area contributed by atoms with Crippen molar-refractivity contribution < 1.29 is 14.3 Å². The van der Waals surface area contributed by atoms with E-state index in [0.29, 0.717) is 24.5 Å². The Morgan fingerprint density at radius 2 is 2.15 bits per heavy atom. The molecule has 26 heavy (non-hydrogen) atoms. The number of nitrogens with one attached hydrogen (secondary N) is 1. The summed E-state index contributed by atoms with van der Waals surface area (Å²) < 4.78 is 11.2. The summed E-state index contributed by atoms with van der Waals surface area (Å²) in [4.78, 5) is 18.9. The average Bonchev–Trinajstić information content (AvgIpc) is 3.09. The predicted octanol–water partition coefficient (Wildman–Crippen LogP) is 4.39. The predicted molar refractivity (Wildman–Crippen MR) is 105 cm³/mol. The average molecular weight is 381 g/mol. The minimum Gasteiger partial charge on any atom is -0.501 e. The van der Waals surface area contributed by atoms with Gasteiger partial charge in [0.25, 0.3) is 0 Å². The largest absolute Gasteiger partial charge is 0.501 e. The van der Waals surface area contributed by atoms with Gasteiger partial charge in [0, 0.05) is 17.0 Å². The van der Waals surface area contributed by atoms with E-state index >= 15 is 0 Å². The van der Waals surface area contributed by atoms with Crippen molar-refractivity contribution in [1.82, 2.24) is 10.3 Å². The van der Waals surface area contributed by atoms with Gasteiger partial charge in [-0.05, 0) is 46.5 Å². The molecule has 2 heterocycles. The van der Waals surface area contributed by atoms with E-state index in [2.05, 4.69) is 30.7 Å². The fourth-order valence-electron chi connectivity index (χ4n) is 3.59. The lowest BCUT2D eigenvalue weighted by Gasteiger charge is -2.33. The second-order valence-corrected chi connectivity index (χ2v) is 9.86. The maximum absolute atomic E-state index is 13.2. The molecule has 1 N–H and O–H groups in total. The summed E-state index contributed by atoms with van der Waals surface area (Å²) >= 11 is 1.64. The van der Waals surface area contributed by atoms with Gasteiger partial charge in [0.1, 0.15) is 16.1 Å². The Morgan fingerprint density at radius 3 is 2.62 bits per heavy atom. The molecular weight excluding hydrogens is 348 g/mol. The van der Waals surface area contributed by atoms with Crippen LogP contribution in [-0.4, -0.2) is 29.2 Å². The number of methoxy groups -OCH3 is 1. The van der Waals surface area contributed by atoms with Crippen molar-refractivity contribution in [3.8, 4) is 0 Å². The van der Waals surface area contributed by atoms with Crippen LogP contribution in [0.1, 0.15) is 63.4 Å². The van der Waals surface area contributed by atoms with Crippen molar-refractivity contribution in [2.45, 2.75) is 71.6 Å². The molecule has 0 radical (unpaired) electrons. The first-order valence-corrected chi connectivity index (χ1v) is 9.95.